The predicted molar refractivity (Wildman–Crippen MR) is 112 cm³/mol. The van der Waals surface area contributed by atoms with Crippen LogP contribution in [0.25, 0.3) is 11.4 Å². The summed E-state index contributed by atoms with van der Waals surface area (Å²) in [5.74, 6) is -0.215. The number of benzene rings is 1. The van der Waals surface area contributed by atoms with Crippen LogP contribution in [0.3, 0.4) is 0 Å². The number of amides is 1. The molecular formula is C19H13Cl2N5O2S. The number of pyridine rings is 1. The molecule has 0 saturated heterocycles. The topological polar surface area (TPSA) is 81.8 Å². The molecule has 10 heteroatoms. The molecule has 0 atom stereocenters. The maximum atomic E-state index is 12.1. The summed E-state index contributed by atoms with van der Waals surface area (Å²) in [7, 11) is 0. The van der Waals surface area contributed by atoms with Gasteiger partial charge in [-0.1, -0.05) is 28.4 Å². The second-order valence-corrected chi connectivity index (χ2v) is 8.11. The fraction of sp³-hybridized carbons (Fsp3) is 0.0526. The van der Waals surface area contributed by atoms with Gasteiger partial charge in [0.05, 0.1) is 27.6 Å². The van der Waals surface area contributed by atoms with Crippen molar-refractivity contribution >= 4 is 40.4 Å². The summed E-state index contributed by atoms with van der Waals surface area (Å²) >= 11 is 13.0. The Hall–Kier alpha value is -2.94. The molecule has 1 aromatic carbocycles. The Balaban J connectivity index is 1.46. The van der Waals surface area contributed by atoms with Gasteiger partial charge in [0.25, 0.3) is 11.5 Å². The summed E-state index contributed by atoms with van der Waals surface area (Å²) in [5, 5.41) is 11.1. The highest BCUT2D eigenvalue weighted by molar-refractivity contribution is 7.17. The molecule has 1 N–H and O–H groups in total. The highest BCUT2D eigenvalue weighted by Gasteiger charge is 2.10. The van der Waals surface area contributed by atoms with Gasteiger partial charge >= 0.3 is 0 Å². The van der Waals surface area contributed by atoms with Crippen LogP contribution in [0, 0.1) is 0 Å². The second-order valence-electron chi connectivity index (χ2n) is 5.99. The lowest BCUT2D eigenvalue weighted by atomic mass is 10.2. The van der Waals surface area contributed by atoms with Crippen molar-refractivity contribution in [2.45, 2.75) is 6.54 Å². The Morgan fingerprint density at radius 1 is 1.07 bits per heavy atom. The Labute approximate surface area is 179 Å². The van der Waals surface area contributed by atoms with Gasteiger partial charge in [0.1, 0.15) is 10.7 Å². The second kappa shape index (κ2) is 8.20. The molecule has 1 amide bonds. The van der Waals surface area contributed by atoms with Gasteiger partial charge in [-0.05, 0) is 48.5 Å². The van der Waals surface area contributed by atoms with Crippen LogP contribution < -0.4 is 10.9 Å². The fourth-order valence-electron chi connectivity index (χ4n) is 2.64. The number of hydrogen-bond donors (Lipinski definition) is 1. The third kappa shape index (κ3) is 4.24. The summed E-state index contributed by atoms with van der Waals surface area (Å²) < 4.78 is 3.61. The molecule has 3 aromatic heterocycles. The Bertz CT molecular complexity index is 1230. The minimum Gasteiger partial charge on any atom is -0.346 e. The SMILES string of the molecule is O=C(NCc1cn(-c2ccc(-n3cccc(Cl)c3=O)cc2)nn1)c1ccc(Cl)s1. The average molecular weight is 446 g/mol. The molecule has 3 heterocycles. The lowest BCUT2D eigenvalue weighted by molar-refractivity contribution is 0.0954. The molecule has 0 aliphatic carbocycles. The van der Waals surface area contributed by atoms with Crippen LogP contribution in [0.5, 0.6) is 0 Å². The molecule has 0 spiro atoms. The minimum absolute atomic E-state index is 0.157. The molecule has 0 aliphatic rings. The first-order chi connectivity index (χ1) is 14.0. The third-order valence-electron chi connectivity index (χ3n) is 4.06. The average Bonchev–Trinajstić information content (AvgIpc) is 3.38. The molecule has 7 nitrogen and oxygen atoms in total. The number of thiophene rings is 1. The van der Waals surface area contributed by atoms with E-state index < -0.39 is 0 Å². The Morgan fingerprint density at radius 3 is 2.55 bits per heavy atom. The van der Waals surface area contributed by atoms with Gasteiger partial charge in [0.2, 0.25) is 0 Å². The van der Waals surface area contributed by atoms with Crippen molar-refractivity contribution in [3.05, 3.63) is 91.2 Å². The zero-order valence-electron chi connectivity index (χ0n) is 14.8. The van der Waals surface area contributed by atoms with Crippen molar-refractivity contribution in [1.82, 2.24) is 24.9 Å². The summed E-state index contributed by atoms with van der Waals surface area (Å²) in [4.78, 5) is 24.7. The van der Waals surface area contributed by atoms with Crippen LogP contribution in [-0.4, -0.2) is 25.5 Å². The van der Waals surface area contributed by atoms with Gasteiger partial charge in [0, 0.05) is 11.9 Å². The first kappa shape index (κ1) is 19.4. The quantitative estimate of drug-likeness (QED) is 0.507. The number of carbonyl (C=O) groups is 1. The number of halogens is 2. The summed E-state index contributed by atoms with van der Waals surface area (Å²) in [6.07, 6.45) is 3.38. The summed E-state index contributed by atoms with van der Waals surface area (Å²) in [5.41, 5.74) is 1.77. The maximum Gasteiger partial charge on any atom is 0.273 e. The molecule has 4 rings (SSSR count). The van der Waals surface area contributed by atoms with Crippen LogP contribution >= 0.6 is 34.5 Å². The van der Waals surface area contributed by atoms with Crippen molar-refractivity contribution < 1.29 is 4.79 Å². The fourth-order valence-corrected chi connectivity index (χ4v) is 3.76. The largest absolute Gasteiger partial charge is 0.346 e. The smallest absolute Gasteiger partial charge is 0.273 e. The van der Waals surface area contributed by atoms with E-state index in [0.29, 0.717) is 20.6 Å². The van der Waals surface area contributed by atoms with Crippen molar-refractivity contribution in [1.29, 1.82) is 0 Å². The van der Waals surface area contributed by atoms with Crippen LogP contribution in [0.4, 0.5) is 0 Å². The maximum absolute atomic E-state index is 12.1. The van der Waals surface area contributed by atoms with E-state index in [4.69, 9.17) is 23.2 Å². The zero-order chi connectivity index (χ0) is 20.4. The normalized spacial score (nSPS) is 10.8. The number of nitrogens with zero attached hydrogens (tertiary/aromatic N) is 4. The van der Waals surface area contributed by atoms with Crippen LogP contribution in [-0.2, 0) is 6.54 Å². The van der Waals surface area contributed by atoms with Gasteiger partial charge in [-0.2, -0.15) is 0 Å². The van der Waals surface area contributed by atoms with Crippen LogP contribution in [0.1, 0.15) is 15.4 Å². The molecule has 0 aliphatic heterocycles. The molecule has 0 radical (unpaired) electrons. The van der Waals surface area contributed by atoms with Gasteiger partial charge in [0.15, 0.2) is 0 Å². The highest BCUT2D eigenvalue weighted by Crippen LogP contribution is 2.21. The van der Waals surface area contributed by atoms with E-state index in [0.717, 1.165) is 5.69 Å². The van der Waals surface area contributed by atoms with Crippen molar-refractivity contribution in [2.24, 2.45) is 0 Å². The third-order valence-corrected chi connectivity index (χ3v) is 5.58. The first-order valence-electron chi connectivity index (χ1n) is 8.44. The lowest BCUT2D eigenvalue weighted by Crippen LogP contribution is -2.21. The van der Waals surface area contributed by atoms with E-state index in [1.165, 1.54) is 15.9 Å². The van der Waals surface area contributed by atoms with Crippen molar-refractivity contribution in [3.8, 4) is 11.4 Å². The van der Waals surface area contributed by atoms with E-state index in [2.05, 4.69) is 15.6 Å². The number of aromatic nitrogens is 4. The number of carbonyl (C=O) groups excluding carboxylic acids is 1. The molecule has 4 aromatic rings. The Morgan fingerprint density at radius 2 is 1.83 bits per heavy atom. The lowest BCUT2D eigenvalue weighted by Gasteiger charge is -2.07. The minimum atomic E-state index is -0.285. The van der Waals surface area contributed by atoms with Gasteiger partial charge in [-0.15, -0.1) is 16.4 Å². The Kier molecular flexibility index (Phi) is 5.48. The first-order valence-corrected chi connectivity index (χ1v) is 10.0. The standard InChI is InChI=1S/C19H13Cl2N5O2S/c20-15-2-1-9-25(19(15)28)13-3-5-14(6-4-13)26-11-12(23-24-26)10-22-18(27)16-7-8-17(21)29-16/h1-9,11H,10H2,(H,22,27). The van der Waals surface area contributed by atoms with E-state index in [9.17, 15) is 9.59 Å². The molecule has 0 bridgehead atoms. The van der Waals surface area contributed by atoms with E-state index in [-0.39, 0.29) is 23.0 Å². The van der Waals surface area contributed by atoms with Gasteiger partial charge in [-0.3, -0.25) is 14.2 Å². The predicted octanol–water partition coefficient (Wildman–Crippen LogP) is 3.72. The van der Waals surface area contributed by atoms with E-state index in [1.54, 1.807) is 53.5 Å². The number of hydrogen-bond acceptors (Lipinski definition) is 5. The molecule has 0 saturated carbocycles. The zero-order valence-corrected chi connectivity index (χ0v) is 17.1. The van der Waals surface area contributed by atoms with Gasteiger partial charge < -0.3 is 5.32 Å². The molecule has 0 fully saturated rings. The number of nitrogens with one attached hydrogen (secondary N) is 1. The monoisotopic (exact) mass is 445 g/mol. The van der Waals surface area contributed by atoms with E-state index >= 15 is 0 Å². The van der Waals surface area contributed by atoms with Crippen molar-refractivity contribution in [2.75, 3.05) is 0 Å². The van der Waals surface area contributed by atoms with Crippen LogP contribution in [0.15, 0.2) is 65.7 Å². The molecule has 29 heavy (non-hydrogen) atoms. The highest BCUT2D eigenvalue weighted by atomic mass is 35.5. The van der Waals surface area contributed by atoms with E-state index in [1.807, 2.05) is 12.1 Å². The summed E-state index contributed by atoms with van der Waals surface area (Å²) in [6, 6.07) is 13.8. The van der Waals surface area contributed by atoms with Crippen LogP contribution in [0.2, 0.25) is 9.36 Å². The molecule has 146 valence electrons. The van der Waals surface area contributed by atoms with Crippen molar-refractivity contribution in [3.63, 3.8) is 0 Å². The number of rotatable bonds is 5. The summed E-state index contributed by atoms with van der Waals surface area (Å²) in [6.45, 7) is 0.240. The molecular weight excluding hydrogens is 433 g/mol. The molecule has 0 unspecified atom stereocenters. The van der Waals surface area contributed by atoms with Gasteiger partial charge in [-0.25, -0.2) is 4.68 Å².